The Morgan fingerprint density at radius 2 is 0.765 bits per heavy atom. The lowest BCUT2D eigenvalue weighted by atomic mass is 10.0. The van der Waals surface area contributed by atoms with Gasteiger partial charge in [-0.15, -0.1) is 0 Å². The first-order chi connectivity index (χ1) is 16.8. The highest BCUT2D eigenvalue weighted by atomic mass is 16.3. The van der Waals surface area contributed by atoms with E-state index in [4.69, 9.17) is 0 Å². The van der Waals surface area contributed by atoms with E-state index < -0.39 is 0 Å². The minimum Gasteiger partial charge on any atom is -0.374 e. The Bertz CT molecular complexity index is 381. The van der Waals surface area contributed by atoms with Crippen LogP contribution < -0.4 is 5.32 Å². The molecule has 2 N–H and O–H groups in total. The molecule has 0 saturated carbocycles. The average Bonchev–Trinajstić information content (AvgIpc) is 2.85. The Morgan fingerprint density at radius 3 is 1.06 bits per heavy atom. The molecule has 0 bridgehead atoms. The zero-order chi connectivity index (χ0) is 24.8. The second kappa shape index (κ2) is 30.5. The molecule has 0 aliphatic heterocycles. The largest absolute Gasteiger partial charge is 0.374 e. The number of allylic oxidation sites excluding steroid dienone is 1. The maximum Gasteiger partial charge on any atom is 0.123 e. The fourth-order valence-corrected chi connectivity index (χ4v) is 4.78. The Kier molecular flexibility index (Phi) is 30.1. The predicted molar refractivity (Wildman–Crippen MR) is 154 cm³/mol. The van der Waals surface area contributed by atoms with Crippen LogP contribution in [0.4, 0.5) is 0 Å². The summed E-state index contributed by atoms with van der Waals surface area (Å²) in [7, 11) is 0. The van der Waals surface area contributed by atoms with Gasteiger partial charge in [0.1, 0.15) is 6.23 Å². The van der Waals surface area contributed by atoms with Crippen molar-refractivity contribution in [3.8, 4) is 0 Å². The third-order valence-electron chi connectivity index (χ3n) is 7.27. The summed E-state index contributed by atoms with van der Waals surface area (Å²) in [5.74, 6) is 0. The van der Waals surface area contributed by atoms with E-state index in [1.165, 1.54) is 161 Å². The van der Waals surface area contributed by atoms with Gasteiger partial charge in [0.05, 0.1) is 0 Å². The normalized spacial score (nSPS) is 12.6. The van der Waals surface area contributed by atoms with Crippen LogP contribution in [0.3, 0.4) is 0 Å². The fraction of sp³-hybridized carbons (Fsp3) is 0.938. The van der Waals surface area contributed by atoms with E-state index in [0.29, 0.717) is 0 Å². The topological polar surface area (TPSA) is 32.3 Å². The molecule has 2 heteroatoms. The first-order valence-corrected chi connectivity index (χ1v) is 15.9. The number of aliphatic hydroxyl groups is 1. The van der Waals surface area contributed by atoms with Crippen molar-refractivity contribution in [3.63, 3.8) is 0 Å². The molecule has 0 rings (SSSR count). The SMILES string of the molecule is CCCCCCCCCCCCCCCCCCCCCCCCCCCC=CNC(O)CC. The van der Waals surface area contributed by atoms with Crippen molar-refractivity contribution in [1.29, 1.82) is 0 Å². The number of nitrogens with one attached hydrogen (secondary N) is 1. The minimum atomic E-state index is -0.389. The molecule has 0 aliphatic carbocycles. The highest BCUT2D eigenvalue weighted by molar-refractivity contribution is 4.79. The van der Waals surface area contributed by atoms with Gasteiger partial charge in [-0.25, -0.2) is 0 Å². The summed E-state index contributed by atoms with van der Waals surface area (Å²) in [6, 6.07) is 0. The maximum absolute atomic E-state index is 9.39. The van der Waals surface area contributed by atoms with Gasteiger partial charge >= 0.3 is 0 Å². The van der Waals surface area contributed by atoms with E-state index in [1.807, 2.05) is 13.1 Å². The average molecular weight is 480 g/mol. The highest BCUT2D eigenvalue weighted by Gasteiger charge is 1.96. The van der Waals surface area contributed by atoms with Crippen LogP contribution in [0, 0.1) is 0 Å². The lowest BCUT2D eigenvalue weighted by molar-refractivity contribution is 0.149. The van der Waals surface area contributed by atoms with Gasteiger partial charge in [0.15, 0.2) is 0 Å². The summed E-state index contributed by atoms with van der Waals surface area (Å²) in [5.41, 5.74) is 0. The Hall–Kier alpha value is -0.500. The predicted octanol–water partition coefficient (Wildman–Crippen LogP) is 11.0. The van der Waals surface area contributed by atoms with Crippen LogP contribution >= 0.6 is 0 Å². The molecule has 1 atom stereocenters. The molecule has 204 valence electrons. The molecule has 0 aromatic carbocycles. The molecule has 0 aromatic heterocycles. The molecular formula is C32H65NO. The van der Waals surface area contributed by atoms with Crippen LogP contribution in [0.2, 0.25) is 0 Å². The van der Waals surface area contributed by atoms with Gasteiger partial charge in [0.25, 0.3) is 0 Å². The van der Waals surface area contributed by atoms with Crippen LogP contribution in [0.1, 0.15) is 187 Å². The second-order valence-electron chi connectivity index (χ2n) is 10.8. The molecular weight excluding hydrogens is 414 g/mol. The van der Waals surface area contributed by atoms with E-state index in [2.05, 4.69) is 18.3 Å². The van der Waals surface area contributed by atoms with Gasteiger partial charge in [-0.1, -0.05) is 174 Å². The lowest BCUT2D eigenvalue weighted by Gasteiger charge is -2.06. The molecule has 0 fully saturated rings. The van der Waals surface area contributed by atoms with Crippen molar-refractivity contribution >= 4 is 0 Å². The highest BCUT2D eigenvalue weighted by Crippen LogP contribution is 2.16. The summed E-state index contributed by atoms with van der Waals surface area (Å²) in [4.78, 5) is 0. The van der Waals surface area contributed by atoms with E-state index in [0.717, 1.165) is 12.8 Å². The van der Waals surface area contributed by atoms with Crippen LogP contribution in [-0.4, -0.2) is 11.3 Å². The molecule has 1 unspecified atom stereocenters. The Balaban J connectivity index is 3.05. The molecule has 0 amide bonds. The standard InChI is InChI=1S/C32H65NO/c1-3-5-6-7-8-9-10-11-12-13-14-15-16-17-18-19-20-21-22-23-24-25-26-27-28-29-30-31-33-32(34)4-2/h30-34H,3-29H2,1-2H3. The summed E-state index contributed by atoms with van der Waals surface area (Å²) in [6.45, 7) is 4.28. The van der Waals surface area contributed by atoms with Crippen molar-refractivity contribution in [2.24, 2.45) is 0 Å². The van der Waals surface area contributed by atoms with E-state index >= 15 is 0 Å². The molecule has 0 spiro atoms. The molecule has 0 radical (unpaired) electrons. The summed E-state index contributed by atoms with van der Waals surface area (Å²) in [6.07, 6.45) is 41.7. The first-order valence-electron chi connectivity index (χ1n) is 15.9. The molecule has 34 heavy (non-hydrogen) atoms. The first kappa shape index (κ1) is 33.5. The van der Waals surface area contributed by atoms with E-state index in [9.17, 15) is 5.11 Å². The second-order valence-corrected chi connectivity index (χ2v) is 10.8. The number of hydrogen-bond donors (Lipinski definition) is 2. The molecule has 0 heterocycles. The third-order valence-corrected chi connectivity index (χ3v) is 7.27. The van der Waals surface area contributed by atoms with Crippen LogP contribution in [0.5, 0.6) is 0 Å². The summed E-state index contributed by atoms with van der Waals surface area (Å²) in [5, 5.41) is 12.4. The van der Waals surface area contributed by atoms with Crippen LogP contribution in [0.25, 0.3) is 0 Å². The number of hydrogen-bond acceptors (Lipinski definition) is 2. The van der Waals surface area contributed by atoms with E-state index in [1.54, 1.807) is 0 Å². The van der Waals surface area contributed by atoms with Gasteiger partial charge in [-0.2, -0.15) is 0 Å². The zero-order valence-corrected chi connectivity index (χ0v) is 23.8. The minimum absolute atomic E-state index is 0.389. The maximum atomic E-state index is 9.39. The van der Waals surface area contributed by atoms with Crippen molar-refractivity contribution in [2.75, 3.05) is 0 Å². The molecule has 0 saturated heterocycles. The van der Waals surface area contributed by atoms with Crippen molar-refractivity contribution in [3.05, 3.63) is 12.3 Å². The molecule has 2 nitrogen and oxygen atoms in total. The van der Waals surface area contributed by atoms with Crippen LogP contribution in [-0.2, 0) is 0 Å². The van der Waals surface area contributed by atoms with Gasteiger partial charge < -0.3 is 10.4 Å². The fourth-order valence-electron chi connectivity index (χ4n) is 4.78. The summed E-state index contributed by atoms with van der Waals surface area (Å²) >= 11 is 0. The van der Waals surface area contributed by atoms with Crippen molar-refractivity contribution in [2.45, 2.75) is 193 Å². The number of unbranched alkanes of at least 4 members (excludes halogenated alkanes) is 25. The van der Waals surface area contributed by atoms with Gasteiger partial charge in [0, 0.05) is 0 Å². The van der Waals surface area contributed by atoms with Crippen LogP contribution in [0.15, 0.2) is 12.3 Å². The number of rotatable bonds is 29. The summed E-state index contributed by atoms with van der Waals surface area (Å²) < 4.78 is 0. The Morgan fingerprint density at radius 1 is 0.471 bits per heavy atom. The smallest absolute Gasteiger partial charge is 0.123 e. The lowest BCUT2D eigenvalue weighted by Crippen LogP contribution is -2.21. The quantitative estimate of drug-likeness (QED) is 0.0825. The van der Waals surface area contributed by atoms with Crippen molar-refractivity contribution < 1.29 is 5.11 Å². The van der Waals surface area contributed by atoms with Gasteiger partial charge in [0.2, 0.25) is 0 Å². The van der Waals surface area contributed by atoms with Gasteiger partial charge in [-0.05, 0) is 25.5 Å². The molecule has 0 aliphatic rings. The zero-order valence-electron chi connectivity index (χ0n) is 23.8. The Labute approximate surface area is 216 Å². The molecule has 0 aromatic rings. The van der Waals surface area contributed by atoms with E-state index in [-0.39, 0.29) is 6.23 Å². The van der Waals surface area contributed by atoms with Crippen molar-refractivity contribution in [1.82, 2.24) is 5.32 Å². The number of aliphatic hydroxyl groups excluding tert-OH is 1. The monoisotopic (exact) mass is 480 g/mol. The van der Waals surface area contributed by atoms with Gasteiger partial charge in [-0.3, -0.25) is 0 Å². The third kappa shape index (κ3) is 29.5.